The van der Waals surface area contributed by atoms with E-state index in [0.29, 0.717) is 26.3 Å². The molecule has 0 bridgehead atoms. The number of nitrogens with two attached hydrogens (primary N) is 1. The van der Waals surface area contributed by atoms with Crippen LogP contribution in [-0.4, -0.2) is 53.2 Å². The van der Waals surface area contributed by atoms with E-state index in [9.17, 15) is 4.79 Å². The van der Waals surface area contributed by atoms with Gasteiger partial charge in [0.05, 0.1) is 13.2 Å². The Hall–Kier alpha value is -1.29. The molecule has 100 valence electrons. The molecule has 18 heavy (non-hydrogen) atoms. The van der Waals surface area contributed by atoms with Crippen LogP contribution in [0.25, 0.3) is 0 Å². The average molecular weight is 272 g/mol. The largest absolute Gasteiger partial charge is 0.378 e. The number of nitrogen functional groups attached to an aromatic ring is 1. The van der Waals surface area contributed by atoms with Crippen LogP contribution in [0.3, 0.4) is 0 Å². The fourth-order valence-corrected chi connectivity index (χ4v) is 2.33. The third kappa shape index (κ3) is 2.75. The maximum absolute atomic E-state index is 11.8. The zero-order valence-corrected chi connectivity index (χ0v) is 10.9. The van der Waals surface area contributed by atoms with E-state index in [1.54, 1.807) is 7.05 Å². The number of anilines is 1. The van der Waals surface area contributed by atoms with Crippen LogP contribution in [0.1, 0.15) is 5.69 Å². The van der Waals surface area contributed by atoms with E-state index in [0.717, 1.165) is 10.7 Å². The molecule has 1 amide bonds. The first-order valence-electron chi connectivity index (χ1n) is 5.57. The van der Waals surface area contributed by atoms with Crippen LogP contribution < -0.4 is 16.6 Å². The molecular formula is C9H16N6O2S. The van der Waals surface area contributed by atoms with Crippen molar-refractivity contribution in [3.63, 3.8) is 0 Å². The number of amides is 1. The van der Waals surface area contributed by atoms with Gasteiger partial charge < -0.3 is 15.5 Å². The Balaban J connectivity index is 2.08. The van der Waals surface area contributed by atoms with Gasteiger partial charge in [0.1, 0.15) is 16.7 Å². The van der Waals surface area contributed by atoms with Crippen molar-refractivity contribution in [1.29, 1.82) is 0 Å². The van der Waals surface area contributed by atoms with E-state index >= 15 is 0 Å². The molecule has 1 aromatic heterocycles. The second kappa shape index (κ2) is 6.05. The molecule has 0 radical (unpaired) electrons. The lowest BCUT2D eigenvalue weighted by Gasteiger charge is -2.33. The van der Waals surface area contributed by atoms with Crippen LogP contribution >= 0.6 is 11.5 Å². The van der Waals surface area contributed by atoms with Crippen LogP contribution in [0.15, 0.2) is 0 Å². The molecule has 9 heteroatoms. The minimum Gasteiger partial charge on any atom is -0.378 e. The van der Waals surface area contributed by atoms with Gasteiger partial charge in [-0.15, -0.1) is 5.10 Å². The molecule has 4 N–H and O–H groups in total. The van der Waals surface area contributed by atoms with E-state index in [-0.39, 0.29) is 11.9 Å². The lowest BCUT2D eigenvalue weighted by Crippen LogP contribution is -2.52. The Bertz CT molecular complexity index is 412. The molecule has 8 nitrogen and oxygen atoms in total. The molecule has 0 spiro atoms. The predicted molar refractivity (Wildman–Crippen MR) is 66.8 cm³/mol. The normalized spacial score (nSPS) is 20.7. The molecule has 1 aliphatic heterocycles. The first-order chi connectivity index (χ1) is 8.76. The number of hydrogen-bond donors (Lipinski definition) is 3. The van der Waals surface area contributed by atoms with Gasteiger partial charge in [-0.2, -0.15) is 0 Å². The predicted octanol–water partition coefficient (Wildman–Crippen LogP) is -1.23. The second-order valence-corrected chi connectivity index (χ2v) is 4.62. The monoisotopic (exact) mass is 272 g/mol. The molecule has 0 aliphatic carbocycles. The van der Waals surface area contributed by atoms with Gasteiger partial charge in [-0.1, -0.05) is 4.49 Å². The summed E-state index contributed by atoms with van der Waals surface area (Å²) in [5.41, 5.74) is 3.31. The lowest BCUT2D eigenvalue weighted by atomic mass is 10.2. The van der Waals surface area contributed by atoms with Gasteiger partial charge in [0.15, 0.2) is 0 Å². The molecular weight excluding hydrogens is 256 g/mol. The maximum Gasteiger partial charge on any atom is 0.239 e. The van der Waals surface area contributed by atoms with Crippen LogP contribution in [0, 0.1) is 0 Å². The quantitative estimate of drug-likeness (QED) is 0.465. The highest BCUT2D eigenvalue weighted by atomic mass is 32.1. The Morgan fingerprint density at radius 2 is 2.56 bits per heavy atom. The number of carbonyl (C=O) groups excluding carboxylic acids is 1. The average Bonchev–Trinajstić information content (AvgIpc) is 2.86. The fraction of sp³-hybridized carbons (Fsp3) is 0.667. The van der Waals surface area contributed by atoms with Crippen LogP contribution in [0.2, 0.25) is 0 Å². The number of nitrogens with one attached hydrogen (secondary N) is 2. The summed E-state index contributed by atoms with van der Waals surface area (Å²) < 4.78 is 9.17. The van der Waals surface area contributed by atoms with Crippen molar-refractivity contribution in [2.24, 2.45) is 5.84 Å². The summed E-state index contributed by atoms with van der Waals surface area (Å²) in [6.45, 7) is 2.20. The molecule has 0 saturated carbocycles. The highest BCUT2D eigenvalue weighted by Crippen LogP contribution is 2.20. The number of aromatic nitrogens is 2. The topological polar surface area (TPSA) is 105 Å². The Morgan fingerprint density at radius 1 is 1.72 bits per heavy atom. The van der Waals surface area contributed by atoms with Crippen molar-refractivity contribution in [2.45, 2.75) is 12.6 Å². The van der Waals surface area contributed by atoms with E-state index in [2.05, 4.69) is 20.3 Å². The van der Waals surface area contributed by atoms with E-state index in [1.165, 1.54) is 11.5 Å². The molecule has 1 atom stereocenters. The molecule has 1 fully saturated rings. The second-order valence-electron chi connectivity index (χ2n) is 3.87. The lowest BCUT2D eigenvalue weighted by molar-refractivity contribution is -0.132. The van der Waals surface area contributed by atoms with Crippen LogP contribution in [0.4, 0.5) is 5.00 Å². The number of morpholine rings is 1. The van der Waals surface area contributed by atoms with Crippen LogP contribution in [0.5, 0.6) is 0 Å². The zero-order chi connectivity index (χ0) is 13.0. The third-order valence-corrected chi connectivity index (χ3v) is 3.53. The summed E-state index contributed by atoms with van der Waals surface area (Å²) in [5.74, 6) is 5.32. The fourth-order valence-electron chi connectivity index (χ4n) is 1.85. The molecule has 1 aromatic rings. The van der Waals surface area contributed by atoms with Gasteiger partial charge in [-0.3, -0.25) is 9.69 Å². The van der Waals surface area contributed by atoms with E-state index in [1.807, 2.05) is 4.90 Å². The van der Waals surface area contributed by atoms with Gasteiger partial charge in [0, 0.05) is 31.7 Å². The minimum atomic E-state index is -0.295. The Morgan fingerprint density at radius 3 is 3.28 bits per heavy atom. The van der Waals surface area contributed by atoms with Crippen molar-refractivity contribution in [1.82, 2.24) is 19.8 Å². The highest BCUT2D eigenvalue weighted by molar-refractivity contribution is 7.10. The van der Waals surface area contributed by atoms with Gasteiger partial charge in [0.25, 0.3) is 0 Å². The van der Waals surface area contributed by atoms with Crippen molar-refractivity contribution < 1.29 is 9.53 Å². The highest BCUT2D eigenvalue weighted by Gasteiger charge is 2.29. The smallest absolute Gasteiger partial charge is 0.239 e. The van der Waals surface area contributed by atoms with E-state index < -0.39 is 0 Å². The van der Waals surface area contributed by atoms with Crippen molar-refractivity contribution in [3.8, 4) is 0 Å². The SMILES string of the molecule is CNC(=O)C1COCCN1Cc1nnsc1NN. The van der Waals surface area contributed by atoms with Gasteiger partial charge >= 0.3 is 0 Å². The number of carbonyl (C=O) groups is 1. The van der Waals surface area contributed by atoms with Crippen molar-refractivity contribution in [3.05, 3.63) is 5.69 Å². The minimum absolute atomic E-state index is 0.0554. The Kier molecular flexibility index (Phi) is 4.42. The third-order valence-electron chi connectivity index (χ3n) is 2.83. The maximum atomic E-state index is 11.8. The Labute approximate surface area is 109 Å². The summed E-state index contributed by atoms with van der Waals surface area (Å²) in [6.07, 6.45) is 0. The van der Waals surface area contributed by atoms with Gasteiger partial charge in [0.2, 0.25) is 5.91 Å². The molecule has 1 aliphatic rings. The van der Waals surface area contributed by atoms with Gasteiger partial charge in [-0.05, 0) is 0 Å². The number of hydrogen-bond acceptors (Lipinski definition) is 8. The molecule has 1 saturated heterocycles. The number of hydrazine groups is 1. The summed E-state index contributed by atoms with van der Waals surface area (Å²) in [7, 11) is 1.62. The number of nitrogens with zero attached hydrogens (tertiary/aromatic N) is 3. The number of likely N-dealkylation sites (N-methyl/N-ethyl adjacent to an activating group) is 1. The molecule has 2 rings (SSSR count). The molecule has 0 aromatic carbocycles. The first kappa shape index (κ1) is 13.1. The summed E-state index contributed by atoms with van der Waals surface area (Å²) in [5, 5.41) is 7.37. The summed E-state index contributed by atoms with van der Waals surface area (Å²) >= 11 is 1.20. The number of rotatable bonds is 4. The molecule has 2 heterocycles. The standard InChI is InChI=1S/C9H16N6O2S/c1-11-8(16)7-5-17-3-2-15(7)4-6-9(12-10)18-14-13-6/h7,12H,2-5,10H2,1H3,(H,11,16). The van der Waals surface area contributed by atoms with Crippen LogP contribution in [-0.2, 0) is 16.1 Å². The van der Waals surface area contributed by atoms with Crippen molar-refractivity contribution in [2.75, 3.05) is 32.2 Å². The van der Waals surface area contributed by atoms with E-state index in [4.69, 9.17) is 10.6 Å². The number of ether oxygens (including phenoxy) is 1. The molecule has 1 unspecified atom stereocenters. The summed E-state index contributed by atoms with van der Waals surface area (Å²) in [6, 6.07) is -0.295. The van der Waals surface area contributed by atoms with Gasteiger partial charge in [-0.25, -0.2) is 5.84 Å². The summed E-state index contributed by atoms with van der Waals surface area (Å²) in [4.78, 5) is 13.8. The first-order valence-corrected chi connectivity index (χ1v) is 6.34. The zero-order valence-electron chi connectivity index (χ0n) is 10.0. The van der Waals surface area contributed by atoms with Crippen molar-refractivity contribution >= 4 is 22.4 Å².